The maximum absolute atomic E-state index is 12.7. The minimum atomic E-state index is -0.363. The molecular weight excluding hydrogens is 458 g/mol. The lowest BCUT2D eigenvalue weighted by Gasteiger charge is -2.12. The molecule has 1 aliphatic carbocycles. The van der Waals surface area contributed by atoms with Crippen molar-refractivity contribution in [1.82, 2.24) is 14.8 Å². The molecule has 0 spiro atoms. The lowest BCUT2D eigenvalue weighted by Crippen LogP contribution is -2.17. The van der Waals surface area contributed by atoms with Gasteiger partial charge in [-0.25, -0.2) is 4.79 Å². The summed E-state index contributed by atoms with van der Waals surface area (Å²) in [5.74, 6) is 0.349. The number of hydrogen-bond acceptors (Lipinski definition) is 8. The summed E-state index contributed by atoms with van der Waals surface area (Å²) in [6, 6.07) is 8.08. The van der Waals surface area contributed by atoms with E-state index in [9.17, 15) is 9.59 Å². The number of thioether (sulfide) groups is 1. The van der Waals surface area contributed by atoms with Crippen molar-refractivity contribution in [3.8, 4) is 11.4 Å². The van der Waals surface area contributed by atoms with E-state index in [0.29, 0.717) is 22.3 Å². The Hall–Kier alpha value is -2.85. The molecule has 1 N–H and O–H groups in total. The second-order valence-corrected chi connectivity index (χ2v) is 9.97. The number of nitrogens with zero attached hydrogens (tertiary/aromatic N) is 4. The highest BCUT2D eigenvalue weighted by Crippen LogP contribution is 2.39. The number of thiophene rings is 1. The van der Waals surface area contributed by atoms with E-state index in [-0.39, 0.29) is 17.6 Å². The summed E-state index contributed by atoms with van der Waals surface area (Å²) in [6.45, 7) is 2.09. The fraction of sp³-hybridized carbons (Fsp3) is 0.391. The van der Waals surface area contributed by atoms with Gasteiger partial charge < -0.3 is 19.5 Å². The maximum atomic E-state index is 12.7. The predicted molar refractivity (Wildman–Crippen MR) is 132 cm³/mol. The molecule has 0 radical (unpaired) electrons. The lowest BCUT2D eigenvalue weighted by molar-refractivity contribution is -0.113. The van der Waals surface area contributed by atoms with Gasteiger partial charge in [-0.15, -0.1) is 21.5 Å². The average molecular weight is 486 g/mol. The maximum Gasteiger partial charge on any atom is 0.341 e. The normalized spacial score (nSPS) is 12.5. The lowest BCUT2D eigenvalue weighted by atomic mass is 10.1. The molecule has 0 aliphatic heterocycles. The smallest absolute Gasteiger partial charge is 0.341 e. The zero-order valence-electron chi connectivity index (χ0n) is 19.2. The van der Waals surface area contributed by atoms with Crippen LogP contribution in [0.1, 0.15) is 34.1 Å². The number of esters is 1. The van der Waals surface area contributed by atoms with Crippen molar-refractivity contribution in [2.45, 2.75) is 31.3 Å². The molecule has 2 heterocycles. The van der Waals surface area contributed by atoms with Crippen molar-refractivity contribution < 1.29 is 14.3 Å². The molecule has 33 heavy (non-hydrogen) atoms. The Morgan fingerprint density at radius 1 is 1.21 bits per heavy atom. The molecule has 4 rings (SSSR count). The standard InChI is InChI=1S/C23H27N5O3S2/c1-5-31-22(30)19-16-7-6-8-17(16)33-21(19)24-18(29)13-32-23-26-25-20(28(23)4)14-9-11-15(12-10-14)27(2)3/h9-12H,5-8,13H2,1-4H3,(H,24,29). The number of fused-ring (bicyclic) bond motifs is 1. The first-order valence-electron chi connectivity index (χ1n) is 10.8. The molecule has 2 aromatic heterocycles. The minimum absolute atomic E-state index is 0.163. The molecule has 10 heteroatoms. The Balaban J connectivity index is 1.43. The van der Waals surface area contributed by atoms with E-state index >= 15 is 0 Å². The van der Waals surface area contributed by atoms with Crippen molar-refractivity contribution in [2.24, 2.45) is 7.05 Å². The molecule has 0 fully saturated rings. The first-order chi connectivity index (χ1) is 15.9. The topological polar surface area (TPSA) is 89.3 Å². The van der Waals surface area contributed by atoms with Crippen LogP contribution in [0.4, 0.5) is 10.7 Å². The minimum Gasteiger partial charge on any atom is -0.462 e. The highest BCUT2D eigenvalue weighted by molar-refractivity contribution is 7.99. The second-order valence-electron chi connectivity index (χ2n) is 7.93. The van der Waals surface area contributed by atoms with Crippen LogP contribution in [-0.2, 0) is 29.4 Å². The molecule has 1 aromatic carbocycles. The number of benzene rings is 1. The number of carbonyl (C=O) groups is 2. The van der Waals surface area contributed by atoms with Crippen LogP contribution in [0.3, 0.4) is 0 Å². The number of aryl methyl sites for hydroxylation is 1. The van der Waals surface area contributed by atoms with Crippen molar-refractivity contribution in [2.75, 3.05) is 36.7 Å². The van der Waals surface area contributed by atoms with Crippen molar-refractivity contribution in [3.63, 3.8) is 0 Å². The van der Waals surface area contributed by atoms with Crippen LogP contribution in [0, 0.1) is 0 Å². The van der Waals surface area contributed by atoms with Crippen LogP contribution < -0.4 is 10.2 Å². The van der Waals surface area contributed by atoms with E-state index in [0.717, 1.165) is 41.9 Å². The summed E-state index contributed by atoms with van der Waals surface area (Å²) in [7, 11) is 5.88. The Morgan fingerprint density at radius 2 is 1.97 bits per heavy atom. The molecule has 0 saturated heterocycles. The molecule has 0 atom stereocenters. The molecule has 0 unspecified atom stereocenters. The summed E-state index contributed by atoms with van der Waals surface area (Å²) >= 11 is 2.79. The number of amides is 1. The quantitative estimate of drug-likeness (QED) is 0.381. The molecule has 174 valence electrons. The van der Waals surface area contributed by atoms with Crippen LogP contribution in [0.2, 0.25) is 0 Å². The summed E-state index contributed by atoms with van der Waals surface area (Å²) in [5.41, 5.74) is 3.61. The van der Waals surface area contributed by atoms with Crippen LogP contribution in [0.15, 0.2) is 29.4 Å². The largest absolute Gasteiger partial charge is 0.462 e. The molecule has 1 aliphatic rings. The van der Waals surface area contributed by atoms with E-state index in [1.165, 1.54) is 28.0 Å². The summed E-state index contributed by atoms with van der Waals surface area (Å²) in [6.07, 6.45) is 2.82. The highest BCUT2D eigenvalue weighted by Gasteiger charge is 2.28. The number of aromatic nitrogens is 3. The van der Waals surface area contributed by atoms with Gasteiger partial charge in [0.1, 0.15) is 5.00 Å². The van der Waals surface area contributed by atoms with Gasteiger partial charge >= 0.3 is 5.97 Å². The van der Waals surface area contributed by atoms with E-state index < -0.39 is 0 Å². The summed E-state index contributed by atoms with van der Waals surface area (Å²) in [5, 5.41) is 12.7. The van der Waals surface area contributed by atoms with Gasteiger partial charge in [-0.3, -0.25) is 4.79 Å². The molecular formula is C23H27N5O3S2. The number of nitrogens with one attached hydrogen (secondary N) is 1. The third-order valence-electron chi connectivity index (χ3n) is 5.46. The average Bonchev–Trinajstić information content (AvgIpc) is 3.47. The van der Waals surface area contributed by atoms with E-state index in [2.05, 4.69) is 15.5 Å². The first-order valence-corrected chi connectivity index (χ1v) is 12.6. The van der Waals surface area contributed by atoms with Crippen LogP contribution >= 0.6 is 23.1 Å². The fourth-order valence-electron chi connectivity index (χ4n) is 3.80. The summed E-state index contributed by atoms with van der Waals surface area (Å²) < 4.78 is 7.11. The Labute approximate surface area is 201 Å². The van der Waals surface area contributed by atoms with Gasteiger partial charge in [0.05, 0.1) is 17.9 Å². The van der Waals surface area contributed by atoms with Gasteiger partial charge in [-0.1, -0.05) is 11.8 Å². The predicted octanol–water partition coefficient (Wildman–Crippen LogP) is 4.01. The number of rotatable bonds is 8. The third kappa shape index (κ3) is 4.91. The monoisotopic (exact) mass is 485 g/mol. The molecule has 8 nitrogen and oxygen atoms in total. The van der Waals surface area contributed by atoms with Gasteiger partial charge in [0.2, 0.25) is 5.91 Å². The zero-order valence-corrected chi connectivity index (χ0v) is 20.8. The molecule has 3 aromatic rings. The second kappa shape index (κ2) is 9.96. The van der Waals surface area contributed by atoms with Gasteiger partial charge in [0.25, 0.3) is 0 Å². The highest BCUT2D eigenvalue weighted by atomic mass is 32.2. The van der Waals surface area contributed by atoms with Crippen molar-refractivity contribution >= 4 is 45.7 Å². The van der Waals surface area contributed by atoms with Crippen LogP contribution in [0.25, 0.3) is 11.4 Å². The molecule has 1 amide bonds. The summed E-state index contributed by atoms with van der Waals surface area (Å²) in [4.78, 5) is 28.4. The number of anilines is 2. The SMILES string of the molecule is CCOC(=O)c1c(NC(=O)CSc2nnc(-c3ccc(N(C)C)cc3)n2C)sc2c1CCC2. The molecule has 0 saturated carbocycles. The van der Waals surface area contributed by atoms with Crippen LogP contribution in [-0.4, -0.2) is 53.1 Å². The van der Waals surface area contributed by atoms with E-state index in [1.54, 1.807) is 6.92 Å². The number of ether oxygens (including phenoxy) is 1. The van der Waals surface area contributed by atoms with E-state index in [4.69, 9.17) is 4.74 Å². The van der Waals surface area contributed by atoms with Gasteiger partial charge in [0, 0.05) is 37.3 Å². The van der Waals surface area contributed by atoms with Crippen molar-refractivity contribution in [3.05, 3.63) is 40.3 Å². The number of carbonyl (C=O) groups excluding carboxylic acids is 2. The van der Waals surface area contributed by atoms with Gasteiger partial charge in [0.15, 0.2) is 11.0 Å². The fourth-order valence-corrected chi connectivity index (χ4v) is 5.81. The Kier molecular flexibility index (Phi) is 7.04. The van der Waals surface area contributed by atoms with Crippen molar-refractivity contribution in [1.29, 1.82) is 0 Å². The van der Waals surface area contributed by atoms with E-state index in [1.807, 2.05) is 54.9 Å². The zero-order chi connectivity index (χ0) is 23.5. The Bertz CT molecular complexity index is 1170. The van der Waals surface area contributed by atoms with Crippen LogP contribution in [0.5, 0.6) is 0 Å². The number of hydrogen-bond donors (Lipinski definition) is 1. The first kappa shape index (κ1) is 23.3. The van der Waals surface area contributed by atoms with Gasteiger partial charge in [-0.2, -0.15) is 0 Å². The molecule has 0 bridgehead atoms. The Morgan fingerprint density at radius 3 is 2.67 bits per heavy atom. The van der Waals surface area contributed by atoms with Gasteiger partial charge in [-0.05, 0) is 56.0 Å². The third-order valence-corrected chi connectivity index (χ3v) is 7.69.